The minimum Gasteiger partial charge on any atom is -0.358 e. The number of nitrogens with one attached hydrogen (secondary N) is 3. The molecule has 3 heterocycles. The predicted molar refractivity (Wildman–Crippen MR) is 107 cm³/mol. The van der Waals surface area contributed by atoms with Gasteiger partial charge in [-0.2, -0.15) is 13.2 Å². The molecule has 3 aromatic rings. The number of H-pyrrole nitrogens is 1. The Morgan fingerprint density at radius 2 is 2.13 bits per heavy atom. The fraction of sp³-hybridized carbons (Fsp3) is 0.300. The fourth-order valence-corrected chi connectivity index (χ4v) is 3.30. The Labute approximate surface area is 169 Å². The smallest absolute Gasteiger partial charge is 0.358 e. The topological polar surface area (TPSA) is 95.6 Å². The van der Waals surface area contributed by atoms with Gasteiger partial charge in [0, 0.05) is 28.9 Å². The zero-order chi connectivity index (χ0) is 21.3. The molecule has 1 atom stereocenters. The van der Waals surface area contributed by atoms with Crippen LogP contribution < -0.4 is 10.6 Å². The SMILES string of the molecule is C[C@@H](Nc1nc(-c2ccnc3[nH]ccc23)nc2c1C=CCC2)C(=O)NCC(F)(F)F. The van der Waals surface area contributed by atoms with Gasteiger partial charge in [0.15, 0.2) is 5.82 Å². The van der Waals surface area contributed by atoms with Crippen LogP contribution in [-0.4, -0.2) is 44.6 Å². The van der Waals surface area contributed by atoms with Gasteiger partial charge >= 0.3 is 6.18 Å². The highest BCUT2D eigenvalue weighted by molar-refractivity contribution is 5.91. The van der Waals surface area contributed by atoms with E-state index in [2.05, 4.69) is 20.3 Å². The van der Waals surface area contributed by atoms with Crippen LogP contribution in [0.5, 0.6) is 0 Å². The number of amides is 1. The molecule has 0 fully saturated rings. The second-order valence-corrected chi connectivity index (χ2v) is 6.99. The van der Waals surface area contributed by atoms with E-state index in [0.29, 0.717) is 23.7 Å². The van der Waals surface area contributed by atoms with Gasteiger partial charge in [0.1, 0.15) is 24.1 Å². The van der Waals surface area contributed by atoms with Crippen LogP contribution in [0.15, 0.2) is 30.6 Å². The van der Waals surface area contributed by atoms with Crippen molar-refractivity contribution in [2.24, 2.45) is 0 Å². The molecule has 1 aliphatic carbocycles. The number of rotatable bonds is 5. The highest BCUT2D eigenvalue weighted by Crippen LogP contribution is 2.30. The van der Waals surface area contributed by atoms with E-state index in [0.717, 1.165) is 28.6 Å². The Morgan fingerprint density at radius 1 is 1.30 bits per heavy atom. The molecule has 0 unspecified atom stereocenters. The molecule has 0 radical (unpaired) electrons. The van der Waals surface area contributed by atoms with Gasteiger partial charge in [-0.05, 0) is 31.9 Å². The average Bonchev–Trinajstić information content (AvgIpc) is 3.20. The van der Waals surface area contributed by atoms with E-state index in [1.807, 2.05) is 23.5 Å². The Hall–Kier alpha value is -3.43. The fourth-order valence-electron chi connectivity index (χ4n) is 3.30. The molecule has 156 valence electrons. The van der Waals surface area contributed by atoms with Crippen molar-refractivity contribution in [1.29, 1.82) is 0 Å². The standard InChI is InChI=1S/C20H19F3N6O/c1-11(19(30)26-10-20(21,22)23)27-18-14-4-2-3-5-15(14)28-17(29-18)13-7-9-25-16-12(13)6-8-24-16/h2,4,6-9,11H,3,5,10H2,1H3,(H,24,25)(H,26,30)(H,27,28,29)/t11-/m1/s1. The van der Waals surface area contributed by atoms with E-state index in [1.165, 1.54) is 6.92 Å². The van der Waals surface area contributed by atoms with Crippen LogP contribution in [-0.2, 0) is 11.2 Å². The largest absolute Gasteiger partial charge is 0.405 e. The van der Waals surface area contributed by atoms with E-state index in [4.69, 9.17) is 4.98 Å². The molecule has 3 aromatic heterocycles. The van der Waals surface area contributed by atoms with E-state index in [-0.39, 0.29) is 0 Å². The predicted octanol–water partition coefficient (Wildman–Crippen LogP) is 3.46. The third-order valence-electron chi connectivity index (χ3n) is 4.77. The summed E-state index contributed by atoms with van der Waals surface area (Å²) in [7, 11) is 0. The van der Waals surface area contributed by atoms with Gasteiger partial charge in [-0.15, -0.1) is 0 Å². The van der Waals surface area contributed by atoms with Crippen molar-refractivity contribution >= 4 is 28.8 Å². The number of allylic oxidation sites excluding steroid dienone is 1. The lowest BCUT2D eigenvalue weighted by Crippen LogP contribution is -2.42. The van der Waals surface area contributed by atoms with Gasteiger partial charge < -0.3 is 15.6 Å². The van der Waals surface area contributed by atoms with Crippen LogP contribution in [0.3, 0.4) is 0 Å². The first kappa shape index (κ1) is 19.9. The lowest BCUT2D eigenvalue weighted by molar-refractivity contribution is -0.138. The molecule has 1 aliphatic rings. The molecule has 7 nitrogen and oxygen atoms in total. The molecular weight excluding hydrogens is 397 g/mol. The van der Waals surface area contributed by atoms with E-state index in [9.17, 15) is 18.0 Å². The second-order valence-electron chi connectivity index (χ2n) is 6.99. The Balaban J connectivity index is 1.68. The van der Waals surface area contributed by atoms with Crippen molar-refractivity contribution in [3.63, 3.8) is 0 Å². The molecule has 30 heavy (non-hydrogen) atoms. The van der Waals surface area contributed by atoms with E-state index in [1.54, 1.807) is 18.5 Å². The summed E-state index contributed by atoms with van der Waals surface area (Å²) < 4.78 is 37.2. The van der Waals surface area contributed by atoms with Crippen molar-refractivity contribution < 1.29 is 18.0 Å². The number of halogens is 3. The number of hydrogen-bond donors (Lipinski definition) is 3. The van der Waals surface area contributed by atoms with Gasteiger partial charge in [-0.3, -0.25) is 4.79 Å². The number of alkyl halides is 3. The quantitative estimate of drug-likeness (QED) is 0.592. The number of aromatic amines is 1. The number of aryl methyl sites for hydroxylation is 1. The molecule has 4 rings (SSSR count). The van der Waals surface area contributed by atoms with Crippen LogP contribution in [0.25, 0.3) is 28.5 Å². The van der Waals surface area contributed by atoms with Gasteiger partial charge in [-0.25, -0.2) is 15.0 Å². The third kappa shape index (κ3) is 4.12. The van der Waals surface area contributed by atoms with Crippen LogP contribution >= 0.6 is 0 Å². The maximum atomic E-state index is 12.4. The first-order valence-corrected chi connectivity index (χ1v) is 9.43. The van der Waals surface area contributed by atoms with Crippen LogP contribution in [0.1, 0.15) is 24.6 Å². The molecule has 0 spiro atoms. The summed E-state index contributed by atoms with van der Waals surface area (Å²) in [6, 6.07) is 2.76. The monoisotopic (exact) mass is 416 g/mol. The molecule has 0 saturated heterocycles. The molecule has 0 bridgehead atoms. The number of pyridine rings is 1. The first-order chi connectivity index (χ1) is 14.3. The molecule has 1 amide bonds. The van der Waals surface area contributed by atoms with Crippen LogP contribution in [0.2, 0.25) is 0 Å². The number of hydrogen-bond acceptors (Lipinski definition) is 5. The summed E-state index contributed by atoms with van der Waals surface area (Å²) in [5.74, 6) is 0.0977. The molecular formula is C20H19F3N6O. The van der Waals surface area contributed by atoms with Crippen molar-refractivity contribution in [1.82, 2.24) is 25.3 Å². The number of fused-ring (bicyclic) bond motifs is 2. The van der Waals surface area contributed by atoms with Crippen molar-refractivity contribution in [3.8, 4) is 11.4 Å². The summed E-state index contributed by atoms with van der Waals surface area (Å²) in [5.41, 5.74) is 3.02. The van der Waals surface area contributed by atoms with Gasteiger partial charge in [0.25, 0.3) is 0 Å². The highest BCUT2D eigenvalue weighted by Gasteiger charge is 2.29. The van der Waals surface area contributed by atoms with E-state index < -0.39 is 24.7 Å². The van der Waals surface area contributed by atoms with Crippen LogP contribution in [0.4, 0.5) is 19.0 Å². The summed E-state index contributed by atoms with van der Waals surface area (Å²) in [4.78, 5) is 28.7. The number of carbonyl (C=O) groups is 1. The number of carbonyl (C=O) groups excluding carboxylic acids is 1. The molecule has 3 N–H and O–H groups in total. The normalized spacial score (nSPS) is 14.4. The first-order valence-electron chi connectivity index (χ1n) is 9.43. The van der Waals surface area contributed by atoms with Gasteiger partial charge in [-0.1, -0.05) is 12.2 Å². The Morgan fingerprint density at radius 3 is 2.93 bits per heavy atom. The third-order valence-corrected chi connectivity index (χ3v) is 4.77. The van der Waals surface area contributed by atoms with Gasteiger partial charge in [0.2, 0.25) is 5.91 Å². The highest BCUT2D eigenvalue weighted by atomic mass is 19.4. The lowest BCUT2D eigenvalue weighted by atomic mass is 10.0. The Kier molecular flexibility index (Phi) is 5.15. The maximum absolute atomic E-state index is 12.4. The molecule has 0 saturated carbocycles. The maximum Gasteiger partial charge on any atom is 0.405 e. The summed E-state index contributed by atoms with van der Waals surface area (Å²) >= 11 is 0. The average molecular weight is 416 g/mol. The summed E-state index contributed by atoms with van der Waals surface area (Å²) in [5, 5.41) is 5.69. The molecule has 10 heteroatoms. The summed E-state index contributed by atoms with van der Waals surface area (Å²) in [6.45, 7) is 0.108. The molecule has 0 aliphatic heterocycles. The van der Waals surface area contributed by atoms with Gasteiger partial charge in [0.05, 0.1) is 5.69 Å². The summed E-state index contributed by atoms with van der Waals surface area (Å²) in [6.07, 6.45) is 4.31. The van der Waals surface area contributed by atoms with Crippen molar-refractivity contribution in [3.05, 3.63) is 41.9 Å². The second kappa shape index (κ2) is 7.77. The lowest BCUT2D eigenvalue weighted by Gasteiger charge is -2.20. The zero-order valence-electron chi connectivity index (χ0n) is 16.0. The number of aromatic nitrogens is 4. The molecule has 0 aromatic carbocycles. The van der Waals surface area contributed by atoms with Crippen molar-refractivity contribution in [2.75, 3.05) is 11.9 Å². The van der Waals surface area contributed by atoms with Crippen molar-refractivity contribution in [2.45, 2.75) is 32.0 Å². The number of anilines is 1. The number of nitrogens with zero attached hydrogens (tertiary/aromatic N) is 3. The minimum absolute atomic E-state index is 0.404. The minimum atomic E-state index is -4.47. The zero-order valence-corrected chi connectivity index (χ0v) is 16.0. The van der Waals surface area contributed by atoms with E-state index >= 15 is 0 Å². The Bertz CT molecular complexity index is 1120. The van der Waals surface area contributed by atoms with Crippen LogP contribution in [0, 0.1) is 0 Å².